The number of hydrogen-bond acceptors (Lipinski definition) is 4. The molecule has 0 aliphatic carbocycles. The van der Waals surface area contributed by atoms with Gasteiger partial charge in [0.1, 0.15) is 0 Å². The van der Waals surface area contributed by atoms with Gasteiger partial charge in [-0.1, -0.05) is 20.8 Å². The molecular weight excluding hydrogens is 358 g/mol. The fourth-order valence-electron chi connectivity index (χ4n) is 3.67. The molecule has 2 aliphatic heterocycles. The first kappa shape index (κ1) is 20.0. The summed E-state index contributed by atoms with van der Waals surface area (Å²) in [5, 5.41) is 0. The van der Waals surface area contributed by atoms with Crippen molar-refractivity contribution in [2.24, 2.45) is 5.92 Å². The molecule has 0 bridgehead atoms. The molecule has 1 aromatic rings. The lowest BCUT2D eigenvalue weighted by atomic mass is 10.0. The summed E-state index contributed by atoms with van der Waals surface area (Å²) >= 11 is 0. The molecule has 0 aromatic heterocycles. The molecule has 0 N–H and O–H groups in total. The zero-order chi connectivity index (χ0) is 20.4. The summed E-state index contributed by atoms with van der Waals surface area (Å²) in [5.74, 6) is -0.501. The van der Waals surface area contributed by atoms with Gasteiger partial charge in [0.2, 0.25) is 5.91 Å². The first-order valence-electron chi connectivity index (χ1n) is 9.90. The Morgan fingerprint density at radius 2 is 1.57 bits per heavy atom. The summed E-state index contributed by atoms with van der Waals surface area (Å²) in [7, 11) is 0. The molecule has 0 radical (unpaired) electrons. The van der Waals surface area contributed by atoms with Crippen LogP contribution >= 0.6 is 0 Å². The molecule has 7 nitrogen and oxygen atoms in total. The van der Waals surface area contributed by atoms with Gasteiger partial charge in [-0.05, 0) is 30.5 Å². The smallest absolute Gasteiger partial charge is 0.261 e. The number of nitrogens with zero attached hydrogens (tertiary/aromatic N) is 3. The number of carbonyl (C=O) groups excluding carboxylic acids is 4. The summed E-state index contributed by atoms with van der Waals surface area (Å²) < 4.78 is 0. The van der Waals surface area contributed by atoms with Crippen LogP contribution in [0.5, 0.6) is 0 Å². The Morgan fingerprint density at radius 3 is 2.18 bits per heavy atom. The van der Waals surface area contributed by atoms with Crippen LogP contribution in [0.25, 0.3) is 0 Å². The summed E-state index contributed by atoms with van der Waals surface area (Å²) in [6.45, 7) is 8.22. The fourth-order valence-corrected chi connectivity index (χ4v) is 3.67. The second kappa shape index (κ2) is 8.12. The van der Waals surface area contributed by atoms with Crippen LogP contribution < -0.4 is 0 Å². The Balaban J connectivity index is 1.71. The molecule has 0 atom stereocenters. The third-order valence-electron chi connectivity index (χ3n) is 5.15. The van der Waals surface area contributed by atoms with Gasteiger partial charge in [0.05, 0.1) is 11.1 Å². The Bertz CT molecular complexity index is 810. The maximum atomic E-state index is 12.9. The largest absolute Gasteiger partial charge is 0.339 e. The van der Waals surface area contributed by atoms with Crippen LogP contribution in [0.4, 0.5) is 0 Å². The molecule has 0 spiro atoms. The number of carbonyl (C=O) groups is 4. The highest BCUT2D eigenvalue weighted by atomic mass is 16.2. The highest BCUT2D eigenvalue weighted by molar-refractivity contribution is 6.22. The molecule has 1 saturated heterocycles. The van der Waals surface area contributed by atoms with Gasteiger partial charge in [0.25, 0.3) is 17.7 Å². The Hall–Kier alpha value is -2.70. The first-order chi connectivity index (χ1) is 13.3. The SMILES string of the molecule is CCCC(=O)N1CCN(C(=O)c2ccc3c(c2)C(=O)N(CC(C)C)C3=O)CC1. The van der Waals surface area contributed by atoms with E-state index in [1.165, 1.54) is 11.0 Å². The van der Waals surface area contributed by atoms with Crippen molar-refractivity contribution in [3.8, 4) is 0 Å². The van der Waals surface area contributed by atoms with E-state index in [-0.39, 0.29) is 29.5 Å². The van der Waals surface area contributed by atoms with Crippen LogP contribution in [0.1, 0.15) is 64.7 Å². The Morgan fingerprint density at radius 1 is 0.964 bits per heavy atom. The second-order valence-corrected chi connectivity index (χ2v) is 7.80. The monoisotopic (exact) mass is 385 g/mol. The van der Waals surface area contributed by atoms with Gasteiger partial charge in [-0.15, -0.1) is 0 Å². The van der Waals surface area contributed by atoms with E-state index in [2.05, 4.69) is 0 Å². The van der Waals surface area contributed by atoms with Gasteiger partial charge in [-0.3, -0.25) is 24.1 Å². The van der Waals surface area contributed by atoms with Crippen molar-refractivity contribution in [1.29, 1.82) is 0 Å². The fraction of sp³-hybridized carbons (Fsp3) is 0.524. The van der Waals surface area contributed by atoms with Crippen molar-refractivity contribution in [3.05, 3.63) is 34.9 Å². The summed E-state index contributed by atoms with van der Waals surface area (Å²) in [6, 6.07) is 4.72. The summed E-state index contributed by atoms with van der Waals surface area (Å²) in [5.41, 5.74) is 1.06. The van der Waals surface area contributed by atoms with E-state index in [9.17, 15) is 19.2 Å². The average molecular weight is 385 g/mol. The van der Waals surface area contributed by atoms with Crippen LogP contribution in [0.15, 0.2) is 18.2 Å². The van der Waals surface area contributed by atoms with Crippen molar-refractivity contribution in [1.82, 2.24) is 14.7 Å². The molecule has 28 heavy (non-hydrogen) atoms. The van der Waals surface area contributed by atoms with Crippen molar-refractivity contribution < 1.29 is 19.2 Å². The minimum atomic E-state index is -0.335. The van der Waals surface area contributed by atoms with Crippen LogP contribution in [0.2, 0.25) is 0 Å². The number of hydrogen-bond donors (Lipinski definition) is 0. The molecule has 7 heteroatoms. The molecule has 1 aromatic carbocycles. The van der Waals surface area contributed by atoms with Gasteiger partial charge < -0.3 is 9.80 Å². The Kier molecular flexibility index (Phi) is 5.82. The molecule has 2 aliphatic rings. The lowest BCUT2D eigenvalue weighted by Gasteiger charge is -2.35. The van der Waals surface area contributed by atoms with Crippen LogP contribution in [-0.4, -0.2) is 71.1 Å². The second-order valence-electron chi connectivity index (χ2n) is 7.80. The summed E-state index contributed by atoms with van der Waals surface area (Å²) in [6.07, 6.45) is 1.34. The molecule has 1 fully saturated rings. The average Bonchev–Trinajstić information content (AvgIpc) is 2.92. The highest BCUT2D eigenvalue weighted by Crippen LogP contribution is 2.25. The molecule has 4 amide bonds. The van der Waals surface area contributed by atoms with Gasteiger partial charge in [0.15, 0.2) is 0 Å². The van der Waals surface area contributed by atoms with Crippen molar-refractivity contribution in [3.63, 3.8) is 0 Å². The van der Waals surface area contributed by atoms with Gasteiger partial charge in [-0.2, -0.15) is 0 Å². The predicted octanol–water partition coefficient (Wildman–Crippen LogP) is 2.02. The normalized spacial score (nSPS) is 16.8. The molecular formula is C21H27N3O4. The van der Waals surface area contributed by atoms with Crippen LogP contribution in [0, 0.1) is 5.92 Å². The predicted molar refractivity (Wildman–Crippen MR) is 104 cm³/mol. The van der Waals surface area contributed by atoms with E-state index in [1.807, 2.05) is 20.8 Å². The molecule has 0 unspecified atom stereocenters. The standard InChI is InChI=1S/C21H27N3O4/c1-4-5-18(25)22-8-10-23(11-9-22)19(26)15-6-7-16-17(12-15)21(28)24(20(16)27)13-14(2)3/h6-7,12,14H,4-5,8-11,13H2,1-3H3. The lowest BCUT2D eigenvalue weighted by molar-refractivity contribution is -0.132. The van der Waals surface area contributed by atoms with Crippen LogP contribution in [0.3, 0.4) is 0 Å². The Labute approximate surface area is 165 Å². The first-order valence-corrected chi connectivity index (χ1v) is 9.90. The number of fused-ring (bicyclic) bond motifs is 1. The molecule has 2 heterocycles. The van der Waals surface area contributed by atoms with Crippen molar-refractivity contribution in [2.45, 2.75) is 33.6 Å². The van der Waals surface area contributed by atoms with Gasteiger partial charge in [0, 0.05) is 44.7 Å². The number of rotatable bonds is 5. The van der Waals surface area contributed by atoms with Gasteiger partial charge in [-0.25, -0.2) is 0 Å². The van der Waals surface area contributed by atoms with Crippen LogP contribution in [-0.2, 0) is 4.79 Å². The van der Waals surface area contributed by atoms with Gasteiger partial charge >= 0.3 is 0 Å². The zero-order valence-corrected chi connectivity index (χ0v) is 16.7. The van der Waals surface area contributed by atoms with E-state index in [4.69, 9.17) is 0 Å². The van der Waals surface area contributed by atoms with Crippen molar-refractivity contribution >= 4 is 23.6 Å². The van der Waals surface area contributed by atoms with E-state index >= 15 is 0 Å². The third kappa shape index (κ3) is 3.79. The number of amides is 4. The van der Waals surface area contributed by atoms with E-state index in [0.29, 0.717) is 55.8 Å². The van der Waals surface area contributed by atoms with E-state index in [0.717, 1.165) is 6.42 Å². The third-order valence-corrected chi connectivity index (χ3v) is 5.15. The molecule has 150 valence electrons. The zero-order valence-electron chi connectivity index (χ0n) is 16.7. The minimum absolute atomic E-state index is 0.126. The summed E-state index contributed by atoms with van der Waals surface area (Å²) in [4.78, 5) is 54.7. The molecule has 3 rings (SSSR count). The number of piperazine rings is 1. The topological polar surface area (TPSA) is 78.0 Å². The number of benzene rings is 1. The maximum absolute atomic E-state index is 12.9. The van der Waals surface area contributed by atoms with Crippen molar-refractivity contribution in [2.75, 3.05) is 32.7 Å². The molecule has 0 saturated carbocycles. The highest BCUT2D eigenvalue weighted by Gasteiger charge is 2.36. The minimum Gasteiger partial charge on any atom is -0.339 e. The quantitative estimate of drug-likeness (QED) is 0.727. The van der Waals surface area contributed by atoms with E-state index in [1.54, 1.807) is 21.9 Å². The number of imide groups is 1. The maximum Gasteiger partial charge on any atom is 0.261 e. The van der Waals surface area contributed by atoms with E-state index < -0.39 is 0 Å². The lowest BCUT2D eigenvalue weighted by Crippen LogP contribution is -2.50.